The molecule has 0 aromatic carbocycles. The molecule has 0 aliphatic heterocycles. The fraction of sp³-hybridized carbons (Fsp3) is 1.00. The molecule has 19 heavy (non-hydrogen) atoms. The minimum absolute atomic E-state index is 0. The fourth-order valence-electron chi connectivity index (χ4n) is 0.508. The van der Waals surface area contributed by atoms with E-state index in [0.717, 1.165) is 0 Å². The maximum absolute atomic E-state index is 12.7. The Balaban J connectivity index is 0. The molecule has 0 aliphatic carbocycles. The van der Waals surface area contributed by atoms with Gasteiger partial charge in [-0.1, -0.05) is 0 Å². The van der Waals surface area contributed by atoms with Crippen molar-refractivity contribution in [2.24, 2.45) is 0 Å². The normalized spacial score (nSPS) is 14.0. The third-order valence-electron chi connectivity index (χ3n) is 1.31. The van der Waals surface area contributed by atoms with Gasteiger partial charge in [-0.25, -0.2) is 8.37 Å². The van der Waals surface area contributed by atoms with Gasteiger partial charge < -0.3 is 0 Å². The van der Waals surface area contributed by atoms with Crippen molar-refractivity contribution in [2.45, 2.75) is 11.8 Å². The first kappa shape index (κ1) is 21.4. The standard InChI is InChI=1S/C4H6F4O8S2.Li.H/c5-3(6,1-15-17(9,10)11)4(7,8)2-16-18(12,13)14;;/h1-2H2,(H,9,10,11)(H,12,13,14);;. The minimum atomic E-state index is -5.38. The summed E-state index contributed by atoms with van der Waals surface area (Å²) in [5.41, 5.74) is 0. The van der Waals surface area contributed by atoms with Gasteiger partial charge in [-0.3, -0.25) is 9.11 Å². The van der Waals surface area contributed by atoms with Gasteiger partial charge in [0.2, 0.25) is 0 Å². The van der Waals surface area contributed by atoms with Crippen LogP contribution in [0, 0.1) is 0 Å². The van der Waals surface area contributed by atoms with Crippen LogP contribution in [0.5, 0.6) is 0 Å². The molecule has 0 unspecified atom stereocenters. The van der Waals surface area contributed by atoms with Crippen molar-refractivity contribution in [3.05, 3.63) is 0 Å². The second-order valence-corrected chi connectivity index (χ2v) is 4.97. The third-order valence-corrected chi connectivity index (χ3v) is 2.14. The Bertz CT molecular complexity index is 441. The van der Waals surface area contributed by atoms with E-state index in [0.29, 0.717) is 0 Å². The van der Waals surface area contributed by atoms with Crippen molar-refractivity contribution in [1.82, 2.24) is 0 Å². The van der Waals surface area contributed by atoms with E-state index in [-0.39, 0.29) is 18.9 Å². The Morgan fingerprint density at radius 2 is 1.00 bits per heavy atom. The van der Waals surface area contributed by atoms with Crippen molar-refractivity contribution in [1.29, 1.82) is 0 Å². The zero-order valence-electron chi connectivity index (χ0n) is 8.09. The van der Waals surface area contributed by atoms with E-state index in [9.17, 15) is 34.4 Å². The van der Waals surface area contributed by atoms with E-state index in [1.54, 1.807) is 0 Å². The average Bonchev–Trinajstić information content (AvgIpc) is 2.10. The van der Waals surface area contributed by atoms with Crippen LogP contribution in [-0.2, 0) is 29.2 Å². The Kier molecular flexibility index (Phi) is 7.50. The summed E-state index contributed by atoms with van der Waals surface area (Å²) in [5, 5.41) is 0. The topological polar surface area (TPSA) is 127 Å². The molecule has 112 valence electrons. The fourth-order valence-corrected chi connectivity index (χ4v) is 1.10. The molecule has 0 aromatic heterocycles. The van der Waals surface area contributed by atoms with Crippen LogP contribution in [0.15, 0.2) is 0 Å². The molecule has 0 fully saturated rings. The van der Waals surface area contributed by atoms with Gasteiger partial charge in [0.05, 0.1) is 0 Å². The molecule has 2 N–H and O–H groups in total. The first-order valence-electron chi connectivity index (χ1n) is 3.66. The van der Waals surface area contributed by atoms with Crippen molar-refractivity contribution in [2.75, 3.05) is 13.2 Å². The first-order chi connectivity index (χ1) is 7.66. The molecule has 0 aromatic rings. The predicted octanol–water partition coefficient (Wildman–Crippen LogP) is -0.753. The van der Waals surface area contributed by atoms with E-state index < -0.39 is 45.9 Å². The summed E-state index contributed by atoms with van der Waals surface area (Å²) in [6.07, 6.45) is 0. The number of alkyl halides is 4. The van der Waals surface area contributed by atoms with E-state index in [4.69, 9.17) is 9.11 Å². The molecule has 0 radical (unpaired) electrons. The molecule has 0 bridgehead atoms. The molecule has 0 aliphatic rings. The Morgan fingerprint density at radius 1 is 0.789 bits per heavy atom. The van der Waals surface area contributed by atoms with Crippen LogP contribution in [0.3, 0.4) is 0 Å². The van der Waals surface area contributed by atoms with Gasteiger partial charge in [-0.2, -0.15) is 34.4 Å². The number of rotatable bonds is 7. The number of hydrogen-bond acceptors (Lipinski definition) is 6. The molecule has 8 nitrogen and oxygen atoms in total. The van der Waals surface area contributed by atoms with Gasteiger partial charge in [0.15, 0.2) is 0 Å². The average molecular weight is 330 g/mol. The Morgan fingerprint density at radius 3 is 1.16 bits per heavy atom. The van der Waals surface area contributed by atoms with Crippen LogP contribution in [0.4, 0.5) is 17.6 Å². The van der Waals surface area contributed by atoms with Gasteiger partial charge in [-0.05, 0) is 0 Å². The van der Waals surface area contributed by atoms with E-state index in [2.05, 4.69) is 8.37 Å². The second kappa shape index (κ2) is 6.67. The van der Waals surface area contributed by atoms with E-state index in [1.807, 2.05) is 0 Å². The SMILES string of the molecule is O=S(=O)(O)OCC(F)(F)C(F)(F)COS(=O)(=O)O.[LiH]. The molecule has 0 atom stereocenters. The third kappa shape index (κ3) is 8.76. The molecule has 0 heterocycles. The quantitative estimate of drug-likeness (QED) is 0.354. The molecule has 0 rings (SSSR count). The van der Waals surface area contributed by atoms with Crippen molar-refractivity contribution in [3.63, 3.8) is 0 Å². The molecular formula is C4H7F4LiO8S2. The van der Waals surface area contributed by atoms with Gasteiger partial charge in [0, 0.05) is 0 Å². The van der Waals surface area contributed by atoms with E-state index in [1.165, 1.54) is 0 Å². The van der Waals surface area contributed by atoms with Crippen molar-refractivity contribution in [3.8, 4) is 0 Å². The van der Waals surface area contributed by atoms with Crippen LogP contribution < -0.4 is 0 Å². The summed E-state index contributed by atoms with van der Waals surface area (Å²) >= 11 is 0. The van der Waals surface area contributed by atoms with Crippen LogP contribution in [-0.4, -0.2) is 69.9 Å². The molecule has 0 saturated carbocycles. The molecular weight excluding hydrogens is 323 g/mol. The summed E-state index contributed by atoms with van der Waals surface area (Å²) in [5.74, 6) is -10.3. The van der Waals surface area contributed by atoms with Crippen molar-refractivity contribution >= 4 is 39.7 Å². The molecule has 0 saturated heterocycles. The maximum atomic E-state index is 12.7. The second-order valence-electron chi connectivity index (χ2n) is 2.79. The Hall–Kier alpha value is 0.0574. The predicted molar refractivity (Wildman–Crippen MR) is 52.0 cm³/mol. The van der Waals surface area contributed by atoms with Crippen LogP contribution >= 0.6 is 0 Å². The Labute approximate surface area is 117 Å². The summed E-state index contributed by atoms with van der Waals surface area (Å²) in [4.78, 5) is 0. The van der Waals surface area contributed by atoms with Crippen LogP contribution in [0.25, 0.3) is 0 Å². The summed E-state index contributed by atoms with van der Waals surface area (Å²) in [6, 6.07) is 0. The first-order valence-corrected chi connectivity index (χ1v) is 6.39. The summed E-state index contributed by atoms with van der Waals surface area (Å²) in [6.45, 7) is -4.90. The van der Waals surface area contributed by atoms with Crippen LogP contribution in [0.2, 0.25) is 0 Å². The van der Waals surface area contributed by atoms with Crippen LogP contribution in [0.1, 0.15) is 0 Å². The zero-order chi connectivity index (χ0) is 14.8. The molecule has 15 heteroatoms. The van der Waals surface area contributed by atoms with Gasteiger partial charge in [0.1, 0.15) is 13.2 Å². The summed E-state index contributed by atoms with van der Waals surface area (Å²) < 4.78 is 112. The molecule has 0 amide bonds. The van der Waals surface area contributed by atoms with Gasteiger partial charge in [-0.15, -0.1) is 0 Å². The summed E-state index contributed by atoms with van der Waals surface area (Å²) in [7, 11) is -10.8. The molecule has 0 spiro atoms. The zero-order valence-corrected chi connectivity index (χ0v) is 9.72. The van der Waals surface area contributed by atoms with Crippen molar-refractivity contribution < 1.29 is 51.9 Å². The number of halogens is 4. The van der Waals surface area contributed by atoms with Gasteiger partial charge in [0.25, 0.3) is 0 Å². The van der Waals surface area contributed by atoms with E-state index >= 15 is 0 Å². The monoisotopic (exact) mass is 330 g/mol. The number of hydrogen-bond donors (Lipinski definition) is 2. The van der Waals surface area contributed by atoms with Gasteiger partial charge >= 0.3 is 51.5 Å².